The van der Waals surface area contributed by atoms with Crippen LogP contribution in [0.1, 0.15) is 24.9 Å². The molecule has 0 fully saturated rings. The molecule has 4 nitrogen and oxygen atoms in total. The number of carbonyl (C=O) groups excluding carboxylic acids is 2. The van der Waals surface area contributed by atoms with E-state index in [1.165, 1.54) is 11.3 Å². The van der Waals surface area contributed by atoms with E-state index < -0.39 is 5.97 Å². The lowest BCUT2D eigenvalue weighted by molar-refractivity contribution is 0.0478. The first-order valence-corrected chi connectivity index (χ1v) is 8.24. The highest BCUT2D eigenvalue weighted by Crippen LogP contribution is 2.28. The van der Waals surface area contributed by atoms with Gasteiger partial charge in [-0.15, -0.1) is 11.3 Å². The average Bonchev–Trinajstić information content (AvgIpc) is 3.05. The fraction of sp³-hybridized carbons (Fsp3) is 0.158. The van der Waals surface area contributed by atoms with E-state index in [2.05, 4.69) is 0 Å². The summed E-state index contributed by atoms with van der Waals surface area (Å²) in [6, 6.07) is 14.4. The van der Waals surface area contributed by atoms with Crippen molar-refractivity contribution in [2.45, 2.75) is 6.92 Å². The molecule has 0 amide bonds. The van der Waals surface area contributed by atoms with E-state index in [4.69, 9.17) is 9.47 Å². The number of benzene rings is 2. The Balaban J connectivity index is 1.80. The predicted octanol–water partition coefficient (Wildman–Crippen LogP) is 4.26. The first kappa shape index (κ1) is 16.2. The summed E-state index contributed by atoms with van der Waals surface area (Å²) >= 11 is 1.39. The number of thiophene rings is 1. The molecule has 122 valence electrons. The number of aryl methyl sites for hydroxylation is 1. The molecule has 24 heavy (non-hydrogen) atoms. The number of carbonyl (C=O) groups is 2. The van der Waals surface area contributed by atoms with E-state index in [9.17, 15) is 9.59 Å². The Morgan fingerprint density at radius 3 is 2.42 bits per heavy atom. The van der Waals surface area contributed by atoms with Crippen LogP contribution in [0.15, 0.2) is 48.5 Å². The van der Waals surface area contributed by atoms with Gasteiger partial charge < -0.3 is 9.47 Å². The van der Waals surface area contributed by atoms with Gasteiger partial charge in [-0.2, -0.15) is 0 Å². The number of Topliss-reactive ketones (excluding diaryl/α,β-unsaturated/α-hetero) is 1. The number of rotatable bonds is 5. The summed E-state index contributed by atoms with van der Waals surface area (Å²) in [4.78, 5) is 26.1. The molecule has 0 saturated carbocycles. The molecule has 5 heteroatoms. The van der Waals surface area contributed by atoms with Crippen LogP contribution in [0.2, 0.25) is 0 Å². The maximum Gasteiger partial charge on any atom is 0.339 e. The number of hydrogen-bond acceptors (Lipinski definition) is 5. The smallest absolute Gasteiger partial charge is 0.339 e. The molecule has 1 aromatic heterocycles. The van der Waals surface area contributed by atoms with Gasteiger partial charge in [-0.1, -0.05) is 24.3 Å². The third-order valence-electron chi connectivity index (χ3n) is 3.67. The topological polar surface area (TPSA) is 52.6 Å². The van der Waals surface area contributed by atoms with Crippen LogP contribution in [-0.4, -0.2) is 25.5 Å². The van der Waals surface area contributed by atoms with Crippen molar-refractivity contribution in [2.75, 3.05) is 13.7 Å². The Hall–Kier alpha value is -2.66. The van der Waals surface area contributed by atoms with Gasteiger partial charge in [-0.3, -0.25) is 4.79 Å². The normalized spacial score (nSPS) is 10.6. The van der Waals surface area contributed by atoms with Crippen molar-refractivity contribution in [3.8, 4) is 5.75 Å². The van der Waals surface area contributed by atoms with Crippen LogP contribution in [-0.2, 0) is 4.74 Å². The van der Waals surface area contributed by atoms with Crippen LogP contribution in [0.3, 0.4) is 0 Å². The van der Waals surface area contributed by atoms with Crippen LogP contribution in [0.5, 0.6) is 5.75 Å². The van der Waals surface area contributed by atoms with Crippen molar-refractivity contribution in [1.29, 1.82) is 0 Å². The molecule has 0 atom stereocenters. The second-order valence-electron chi connectivity index (χ2n) is 5.27. The zero-order valence-corrected chi connectivity index (χ0v) is 14.2. The van der Waals surface area contributed by atoms with Crippen LogP contribution >= 0.6 is 11.3 Å². The van der Waals surface area contributed by atoms with Gasteiger partial charge in [0, 0.05) is 10.3 Å². The summed E-state index contributed by atoms with van der Waals surface area (Å²) in [6.45, 7) is 1.66. The van der Waals surface area contributed by atoms with Gasteiger partial charge in [0.25, 0.3) is 0 Å². The van der Waals surface area contributed by atoms with Crippen molar-refractivity contribution >= 4 is 33.9 Å². The van der Waals surface area contributed by atoms with Gasteiger partial charge in [-0.05, 0) is 36.6 Å². The molecule has 3 rings (SSSR count). The second-order valence-corrected chi connectivity index (χ2v) is 6.56. The van der Waals surface area contributed by atoms with Crippen molar-refractivity contribution in [3.63, 3.8) is 0 Å². The Bertz CT molecular complexity index is 911. The number of ketones is 1. The Morgan fingerprint density at radius 2 is 1.75 bits per heavy atom. The first-order valence-electron chi connectivity index (χ1n) is 7.42. The number of fused-ring (bicyclic) bond motifs is 1. The molecule has 0 aliphatic rings. The fourth-order valence-electron chi connectivity index (χ4n) is 2.49. The summed E-state index contributed by atoms with van der Waals surface area (Å²) in [5.74, 6) is -0.0259. The number of methoxy groups -OCH3 is 1. The lowest BCUT2D eigenvalue weighted by atomic mass is 10.0. The van der Waals surface area contributed by atoms with Crippen LogP contribution in [0, 0.1) is 6.92 Å². The molecule has 0 aliphatic heterocycles. The van der Waals surface area contributed by atoms with E-state index in [0.717, 1.165) is 15.6 Å². The lowest BCUT2D eigenvalue weighted by Crippen LogP contribution is -2.13. The molecule has 0 saturated heterocycles. The first-order chi connectivity index (χ1) is 11.6. The average molecular weight is 340 g/mol. The highest BCUT2D eigenvalue weighted by molar-refractivity contribution is 7.14. The zero-order valence-electron chi connectivity index (χ0n) is 13.4. The van der Waals surface area contributed by atoms with E-state index >= 15 is 0 Å². The SMILES string of the molecule is COc1ccc(C(=O)OCC(=O)c2ccc(C)s2)c2ccccc12. The molecule has 0 spiro atoms. The third-order valence-corrected chi connectivity index (χ3v) is 4.72. The van der Waals surface area contributed by atoms with Crippen molar-refractivity contribution in [2.24, 2.45) is 0 Å². The number of hydrogen-bond donors (Lipinski definition) is 0. The summed E-state index contributed by atoms with van der Waals surface area (Å²) in [5, 5.41) is 1.57. The minimum absolute atomic E-state index is 0.195. The minimum Gasteiger partial charge on any atom is -0.496 e. The van der Waals surface area contributed by atoms with Crippen molar-refractivity contribution < 1.29 is 19.1 Å². The number of esters is 1. The summed E-state index contributed by atoms with van der Waals surface area (Å²) in [7, 11) is 1.58. The molecule has 0 unspecified atom stereocenters. The Morgan fingerprint density at radius 1 is 1.00 bits per heavy atom. The largest absolute Gasteiger partial charge is 0.496 e. The van der Waals surface area contributed by atoms with Crippen molar-refractivity contribution in [1.82, 2.24) is 0 Å². The van der Waals surface area contributed by atoms with Crippen LogP contribution < -0.4 is 4.74 Å². The summed E-state index contributed by atoms with van der Waals surface area (Å²) < 4.78 is 10.5. The number of ether oxygens (including phenoxy) is 2. The predicted molar refractivity (Wildman–Crippen MR) is 94.2 cm³/mol. The van der Waals surface area contributed by atoms with Crippen molar-refractivity contribution in [3.05, 3.63) is 63.8 Å². The summed E-state index contributed by atoms with van der Waals surface area (Å²) in [6.07, 6.45) is 0. The fourth-order valence-corrected chi connectivity index (χ4v) is 3.28. The quantitative estimate of drug-likeness (QED) is 0.514. The zero-order chi connectivity index (χ0) is 17.1. The van der Waals surface area contributed by atoms with Gasteiger partial charge in [-0.25, -0.2) is 4.79 Å². The molecular weight excluding hydrogens is 324 g/mol. The highest BCUT2D eigenvalue weighted by atomic mass is 32.1. The lowest BCUT2D eigenvalue weighted by Gasteiger charge is -2.10. The molecule has 3 aromatic rings. The molecule has 0 radical (unpaired) electrons. The summed E-state index contributed by atoms with van der Waals surface area (Å²) in [5.41, 5.74) is 0.418. The molecular formula is C19H16O4S. The molecule has 0 aliphatic carbocycles. The highest BCUT2D eigenvalue weighted by Gasteiger charge is 2.16. The van der Waals surface area contributed by atoms with Crippen LogP contribution in [0.25, 0.3) is 10.8 Å². The molecule has 1 heterocycles. The van der Waals surface area contributed by atoms with E-state index in [-0.39, 0.29) is 12.4 Å². The minimum atomic E-state index is -0.518. The monoisotopic (exact) mass is 340 g/mol. The second kappa shape index (κ2) is 6.84. The molecule has 2 aromatic carbocycles. The molecule has 0 bridgehead atoms. The van der Waals surface area contributed by atoms with E-state index in [1.54, 1.807) is 25.3 Å². The van der Waals surface area contributed by atoms with Gasteiger partial charge in [0.2, 0.25) is 5.78 Å². The Kier molecular flexibility index (Phi) is 4.62. The van der Waals surface area contributed by atoms with Gasteiger partial charge >= 0.3 is 5.97 Å². The van der Waals surface area contributed by atoms with Crippen LogP contribution in [0.4, 0.5) is 0 Å². The van der Waals surface area contributed by atoms with Gasteiger partial charge in [0.1, 0.15) is 5.75 Å². The Labute approximate surface area is 143 Å². The standard InChI is InChI=1S/C19H16O4S/c1-12-7-10-18(24-12)16(20)11-23-19(21)15-8-9-17(22-2)14-6-4-3-5-13(14)15/h3-10H,11H2,1-2H3. The maximum atomic E-state index is 12.4. The molecule has 0 N–H and O–H groups in total. The van der Waals surface area contributed by atoms with E-state index in [1.807, 2.05) is 37.3 Å². The maximum absolute atomic E-state index is 12.4. The van der Waals surface area contributed by atoms with Gasteiger partial charge in [0.15, 0.2) is 6.61 Å². The third kappa shape index (κ3) is 3.16. The van der Waals surface area contributed by atoms with Gasteiger partial charge in [0.05, 0.1) is 17.6 Å². The van der Waals surface area contributed by atoms with E-state index in [0.29, 0.717) is 16.2 Å².